The van der Waals surface area contributed by atoms with Crippen LogP contribution >= 0.6 is 0 Å². The number of allylic oxidation sites excluding steroid dienone is 1. The van der Waals surface area contributed by atoms with Gasteiger partial charge in [0.2, 0.25) is 0 Å². The van der Waals surface area contributed by atoms with Crippen LogP contribution in [0.25, 0.3) is 0 Å². The molecule has 0 radical (unpaired) electrons. The molecule has 20 heavy (non-hydrogen) atoms. The fourth-order valence-electron chi connectivity index (χ4n) is 2.78. The molecule has 4 heteroatoms. The van der Waals surface area contributed by atoms with E-state index in [4.69, 9.17) is 14.2 Å². The number of likely N-dealkylation sites (N-methyl/N-ethyl adjacent to an activating group) is 1. The standard InChI is InChI=1S/C16H23NO3/c1-17-16(11-7-5-6-8-11)12-9-14(19-3)15(20-4)10-13(12)18-2/h7,9-10,16-17H,5-6,8H2,1-4H3. The Morgan fingerprint density at radius 1 is 1.00 bits per heavy atom. The van der Waals surface area contributed by atoms with E-state index in [9.17, 15) is 0 Å². The van der Waals surface area contributed by atoms with Crippen molar-refractivity contribution in [2.75, 3.05) is 28.4 Å². The van der Waals surface area contributed by atoms with E-state index in [1.807, 2.05) is 19.2 Å². The van der Waals surface area contributed by atoms with E-state index in [1.165, 1.54) is 12.0 Å². The van der Waals surface area contributed by atoms with Crippen LogP contribution in [0, 0.1) is 0 Å². The van der Waals surface area contributed by atoms with Crippen molar-refractivity contribution in [3.8, 4) is 17.2 Å². The number of nitrogens with one attached hydrogen (secondary N) is 1. The molecule has 1 aliphatic carbocycles. The van der Waals surface area contributed by atoms with Gasteiger partial charge >= 0.3 is 0 Å². The maximum Gasteiger partial charge on any atom is 0.164 e. The molecule has 1 N–H and O–H groups in total. The van der Waals surface area contributed by atoms with Crippen LogP contribution < -0.4 is 19.5 Å². The van der Waals surface area contributed by atoms with Crippen molar-refractivity contribution in [1.82, 2.24) is 5.32 Å². The highest BCUT2D eigenvalue weighted by Crippen LogP contribution is 2.41. The molecular weight excluding hydrogens is 254 g/mol. The summed E-state index contributed by atoms with van der Waals surface area (Å²) in [6.07, 6.45) is 5.83. The number of methoxy groups -OCH3 is 3. The van der Waals surface area contributed by atoms with Gasteiger partial charge in [0, 0.05) is 11.6 Å². The zero-order valence-corrected chi connectivity index (χ0v) is 12.7. The zero-order chi connectivity index (χ0) is 14.5. The van der Waals surface area contributed by atoms with Crippen LogP contribution in [0.4, 0.5) is 0 Å². The van der Waals surface area contributed by atoms with Crippen LogP contribution in [0.3, 0.4) is 0 Å². The van der Waals surface area contributed by atoms with Crippen LogP contribution in [-0.4, -0.2) is 28.4 Å². The zero-order valence-electron chi connectivity index (χ0n) is 12.7. The molecule has 2 rings (SSSR count). The van der Waals surface area contributed by atoms with E-state index in [0.717, 1.165) is 29.9 Å². The summed E-state index contributed by atoms with van der Waals surface area (Å²) in [6, 6.07) is 4.04. The molecule has 0 bridgehead atoms. The summed E-state index contributed by atoms with van der Waals surface area (Å²) in [5, 5.41) is 3.38. The number of hydrogen-bond donors (Lipinski definition) is 1. The highest BCUT2D eigenvalue weighted by atomic mass is 16.5. The molecule has 0 aliphatic heterocycles. The van der Waals surface area contributed by atoms with E-state index >= 15 is 0 Å². The fourth-order valence-corrected chi connectivity index (χ4v) is 2.78. The number of rotatable bonds is 6. The van der Waals surface area contributed by atoms with Gasteiger partial charge in [0.05, 0.1) is 27.4 Å². The second-order valence-corrected chi connectivity index (χ2v) is 4.84. The molecule has 1 atom stereocenters. The van der Waals surface area contributed by atoms with Crippen molar-refractivity contribution in [2.45, 2.75) is 25.3 Å². The molecule has 0 spiro atoms. The molecule has 1 aromatic carbocycles. The Hall–Kier alpha value is -1.68. The Bertz CT molecular complexity index is 497. The second kappa shape index (κ2) is 6.66. The minimum Gasteiger partial charge on any atom is -0.496 e. The first-order valence-electron chi connectivity index (χ1n) is 6.91. The first kappa shape index (κ1) is 14.7. The number of ether oxygens (including phenoxy) is 3. The van der Waals surface area contributed by atoms with Gasteiger partial charge in [0.25, 0.3) is 0 Å². The Morgan fingerprint density at radius 3 is 2.15 bits per heavy atom. The summed E-state index contributed by atoms with van der Waals surface area (Å²) < 4.78 is 16.3. The van der Waals surface area contributed by atoms with Crippen LogP contribution in [-0.2, 0) is 0 Å². The van der Waals surface area contributed by atoms with Gasteiger partial charge in [-0.1, -0.05) is 11.6 Å². The van der Waals surface area contributed by atoms with Gasteiger partial charge in [-0.2, -0.15) is 0 Å². The van der Waals surface area contributed by atoms with Crippen molar-refractivity contribution < 1.29 is 14.2 Å². The molecule has 110 valence electrons. The van der Waals surface area contributed by atoms with E-state index in [-0.39, 0.29) is 6.04 Å². The Balaban J connectivity index is 2.47. The highest BCUT2D eigenvalue weighted by Gasteiger charge is 2.23. The molecule has 0 saturated carbocycles. The molecular formula is C16H23NO3. The third-order valence-corrected chi connectivity index (χ3v) is 3.78. The lowest BCUT2D eigenvalue weighted by atomic mass is 9.97. The molecule has 0 saturated heterocycles. The van der Waals surface area contributed by atoms with Crippen LogP contribution in [0.5, 0.6) is 17.2 Å². The van der Waals surface area contributed by atoms with Crippen LogP contribution in [0.15, 0.2) is 23.8 Å². The van der Waals surface area contributed by atoms with E-state index in [2.05, 4.69) is 11.4 Å². The summed E-state index contributed by atoms with van der Waals surface area (Å²) in [4.78, 5) is 0. The fraction of sp³-hybridized carbons (Fsp3) is 0.500. The third kappa shape index (κ3) is 2.75. The molecule has 0 fully saturated rings. The molecule has 1 aromatic rings. The first-order chi connectivity index (χ1) is 9.74. The van der Waals surface area contributed by atoms with Crippen LogP contribution in [0.2, 0.25) is 0 Å². The topological polar surface area (TPSA) is 39.7 Å². The molecule has 0 aromatic heterocycles. The van der Waals surface area contributed by atoms with E-state index < -0.39 is 0 Å². The SMILES string of the molecule is CNC(C1=CCCC1)c1cc(OC)c(OC)cc1OC. The van der Waals surface area contributed by atoms with Crippen molar-refractivity contribution in [1.29, 1.82) is 0 Å². The largest absolute Gasteiger partial charge is 0.496 e. The predicted octanol–water partition coefficient (Wildman–Crippen LogP) is 3.08. The van der Waals surface area contributed by atoms with Crippen molar-refractivity contribution in [2.24, 2.45) is 0 Å². The van der Waals surface area contributed by atoms with E-state index in [1.54, 1.807) is 21.3 Å². The maximum atomic E-state index is 5.53. The summed E-state index contributed by atoms with van der Waals surface area (Å²) in [6.45, 7) is 0. The Labute approximate surface area is 120 Å². The summed E-state index contributed by atoms with van der Waals surface area (Å²) >= 11 is 0. The van der Waals surface area contributed by atoms with Crippen molar-refractivity contribution in [3.05, 3.63) is 29.3 Å². The second-order valence-electron chi connectivity index (χ2n) is 4.84. The lowest BCUT2D eigenvalue weighted by molar-refractivity contribution is 0.346. The van der Waals surface area contributed by atoms with Crippen molar-refractivity contribution in [3.63, 3.8) is 0 Å². The Morgan fingerprint density at radius 2 is 1.65 bits per heavy atom. The highest BCUT2D eigenvalue weighted by molar-refractivity contribution is 5.53. The van der Waals surface area contributed by atoms with Gasteiger partial charge in [-0.15, -0.1) is 0 Å². The summed E-state index contributed by atoms with van der Waals surface area (Å²) in [5.74, 6) is 2.22. The summed E-state index contributed by atoms with van der Waals surface area (Å²) in [7, 11) is 6.93. The number of hydrogen-bond acceptors (Lipinski definition) is 4. The summed E-state index contributed by atoms with van der Waals surface area (Å²) in [5.41, 5.74) is 2.50. The van der Waals surface area contributed by atoms with Gasteiger partial charge in [0.1, 0.15) is 5.75 Å². The number of benzene rings is 1. The average molecular weight is 277 g/mol. The van der Waals surface area contributed by atoms with Gasteiger partial charge in [0.15, 0.2) is 11.5 Å². The third-order valence-electron chi connectivity index (χ3n) is 3.78. The average Bonchev–Trinajstić information content (AvgIpc) is 3.01. The van der Waals surface area contributed by atoms with Gasteiger partial charge in [-0.05, 0) is 32.4 Å². The minimum absolute atomic E-state index is 0.159. The first-order valence-corrected chi connectivity index (χ1v) is 6.91. The lowest BCUT2D eigenvalue weighted by Gasteiger charge is -2.22. The monoisotopic (exact) mass is 277 g/mol. The van der Waals surface area contributed by atoms with Gasteiger partial charge in [-0.25, -0.2) is 0 Å². The Kier molecular flexibility index (Phi) is 4.90. The van der Waals surface area contributed by atoms with Gasteiger partial charge in [-0.3, -0.25) is 0 Å². The predicted molar refractivity (Wildman–Crippen MR) is 79.8 cm³/mol. The quantitative estimate of drug-likeness (QED) is 0.811. The van der Waals surface area contributed by atoms with E-state index in [0.29, 0.717) is 5.75 Å². The smallest absolute Gasteiger partial charge is 0.164 e. The molecule has 0 heterocycles. The molecule has 1 aliphatic rings. The van der Waals surface area contributed by atoms with Crippen molar-refractivity contribution >= 4 is 0 Å². The molecule has 1 unspecified atom stereocenters. The molecule has 4 nitrogen and oxygen atoms in total. The lowest BCUT2D eigenvalue weighted by Crippen LogP contribution is -2.19. The maximum absolute atomic E-state index is 5.53. The molecule has 0 amide bonds. The van der Waals surface area contributed by atoms with Crippen LogP contribution in [0.1, 0.15) is 30.9 Å². The normalized spacial score (nSPS) is 15.7. The van der Waals surface area contributed by atoms with Gasteiger partial charge < -0.3 is 19.5 Å². The minimum atomic E-state index is 0.159.